The van der Waals surface area contributed by atoms with Crippen LogP contribution in [0.15, 0.2) is 218 Å². The van der Waals surface area contributed by atoms with Crippen molar-refractivity contribution in [2.45, 2.75) is 31.6 Å². The van der Waals surface area contributed by atoms with Crippen LogP contribution >= 0.6 is 0 Å². The fourth-order valence-corrected chi connectivity index (χ4v) is 11.2. The van der Waals surface area contributed by atoms with Gasteiger partial charge in [-0.3, -0.25) is 0 Å². The third-order valence-corrected chi connectivity index (χ3v) is 15.1. The number of aryl methyl sites for hydroxylation is 1. The zero-order chi connectivity index (χ0) is 59.3. The van der Waals surface area contributed by atoms with Gasteiger partial charge in [0.05, 0.1) is 55.7 Å². The predicted octanol–water partition coefficient (Wildman–Crippen LogP) is 20.5. The van der Waals surface area contributed by atoms with E-state index >= 15 is 13.2 Å². The van der Waals surface area contributed by atoms with Crippen LogP contribution in [0.3, 0.4) is 0 Å². The van der Waals surface area contributed by atoms with Crippen LogP contribution in [-0.2, 0) is 24.7 Å². The molecule has 0 aliphatic rings. The van der Waals surface area contributed by atoms with Gasteiger partial charge in [0, 0.05) is 49.4 Å². The van der Waals surface area contributed by atoms with Gasteiger partial charge in [0.1, 0.15) is 0 Å². The molecule has 10 aromatic carbocycles. The second-order valence-electron chi connectivity index (χ2n) is 20.5. The molecule has 3 aromatic heterocycles. The fourth-order valence-electron chi connectivity index (χ4n) is 11.2. The molecule has 420 valence electrons. The summed E-state index contributed by atoms with van der Waals surface area (Å²) in [6.45, 7) is 1.57. The molecule has 0 radical (unpaired) electrons. The van der Waals surface area contributed by atoms with Crippen LogP contribution in [0.1, 0.15) is 27.8 Å². The van der Waals surface area contributed by atoms with E-state index in [1.54, 1.807) is 107 Å². The minimum atomic E-state index is -5.13. The monoisotopic (exact) mass is 1150 g/mol. The lowest BCUT2D eigenvalue weighted by Crippen LogP contribution is -2.11. The maximum atomic E-state index is 15.4. The van der Waals surface area contributed by atoms with E-state index in [2.05, 4.69) is 0 Å². The Morgan fingerprint density at radius 3 is 1.18 bits per heavy atom. The molecule has 0 spiro atoms. The first-order valence-corrected chi connectivity index (χ1v) is 26.3. The summed E-state index contributed by atoms with van der Waals surface area (Å²) in [6.07, 6.45) is -19.8. The van der Waals surface area contributed by atoms with Crippen molar-refractivity contribution in [3.63, 3.8) is 0 Å². The van der Waals surface area contributed by atoms with Crippen molar-refractivity contribution < 1.29 is 52.7 Å². The number of hydrogen-bond donors (Lipinski definition) is 0. The van der Waals surface area contributed by atoms with Gasteiger partial charge in [-0.05, 0) is 126 Å². The molecule has 0 saturated carbocycles. The van der Waals surface area contributed by atoms with Crippen molar-refractivity contribution in [2.24, 2.45) is 0 Å². The summed E-state index contributed by atoms with van der Waals surface area (Å²) in [5.41, 5.74) is 0.353. The Morgan fingerprint density at radius 1 is 0.271 bits per heavy atom. The van der Waals surface area contributed by atoms with E-state index in [1.165, 1.54) is 18.2 Å². The van der Waals surface area contributed by atoms with E-state index in [0.29, 0.717) is 101 Å². The molecule has 0 bridgehead atoms. The lowest BCUT2D eigenvalue weighted by molar-refractivity contribution is -0.143. The Balaban J connectivity index is 1.10. The third-order valence-electron chi connectivity index (χ3n) is 15.1. The van der Waals surface area contributed by atoms with Gasteiger partial charge in [-0.25, -0.2) is 15.0 Å². The second kappa shape index (κ2) is 20.1. The number of rotatable bonds is 8. The van der Waals surface area contributed by atoms with Crippen LogP contribution < -0.4 is 0 Å². The van der Waals surface area contributed by atoms with Gasteiger partial charge in [-0.1, -0.05) is 127 Å². The average molecular weight is 1150 g/mol. The minimum absolute atomic E-state index is 0.0194. The van der Waals surface area contributed by atoms with E-state index in [4.69, 9.17) is 15.0 Å². The van der Waals surface area contributed by atoms with Gasteiger partial charge in [-0.2, -0.15) is 52.7 Å². The molecule has 17 heteroatoms. The number of halogens is 12. The quantitative estimate of drug-likeness (QED) is 0.142. The lowest BCUT2D eigenvalue weighted by Gasteiger charge is -2.21. The molecule has 0 unspecified atom stereocenters. The molecule has 13 rings (SSSR count). The van der Waals surface area contributed by atoms with E-state index in [0.717, 1.165) is 24.3 Å². The maximum absolute atomic E-state index is 15.4. The summed E-state index contributed by atoms with van der Waals surface area (Å²) < 4.78 is 178. The molecule has 0 aliphatic heterocycles. The SMILES string of the molecule is Cc1cc(-c2ccc3c(c2)c2ccccc2n3-c2ccc(C(F)(F)F)cc2-c2ccc(-c3nc(-c4ccccc4)nc(-c4ccccc4)n3)cc2-n2c3ccccc3c3cc(-c4cc(C(F)(F)F)cc(C(F)(F)F)c4)ccc32)cc(C(F)(F)F)c1. The standard InChI is InChI=1S/C68H39F12N5/c1-38-28-44(30-47(29-38)66(72,73)74)41-21-25-58-53(33-41)50-16-8-10-18-56(50)84(58)60-27-23-46(65(69,70)71)37-55(60)52-24-20-43(64-82-62(39-12-4-2-5-13-39)81-63(83-64)40-14-6-3-7-15-40)35-61(52)85-57-19-11-9-17-51(57)54-34-42(22-26-59(54)85)45-31-48(67(75,76)77)36-49(32-45)68(78,79)80/h2-37H,1H3. The zero-order valence-corrected chi connectivity index (χ0v) is 44.1. The molecule has 0 N–H and O–H groups in total. The predicted molar refractivity (Wildman–Crippen MR) is 306 cm³/mol. The van der Waals surface area contributed by atoms with E-state index in [1.807, 2.05) is 66.7 Å². The maximum Gasteiger partial charge on any atom is 0.416 e. The Hall–Kier alpha value is -10.0. The Kier molecular flexibility index (Phi) is 12.8. The number of benzene rings is 10. The normalized spacial score (nSPS) is 12.5. The summed E-state index contributed by atoms with van der Waals surface area (Å²) in [6, 6.07) is 55.4. The largest absolute Gasteiger partial charge is 0.416 e. The molecule has 85 heavy (non-hydrogen) atoms. The summed E-state index contributed by atoms with van der Waals surface area (Å²) in [5, 5.41) is 2.11. The molecule has 0 amide bonds. The molecule has 0 saturated heterocycles. The summed E-state index contributed by atoms with van der Waals surface area (Å²) in [4.78, 5) is 14.8. The molecule has 5 nitrogen and oxygen atoms in total. The van der Waals surface area contributed by atoms with E-state index in [-0.39, 0.29) is 45.5 Å². The van der Waals surface area contributed by atoms with E-state index in [9.17, 15) is 39.5 Å². The highest BCUT2D eigenvalue weighted by Gasteiger charge is 2.38. The summed E-state index contributed by atoms with van der Waals surface area (Å²) in [5.74, 6) is 0.785. The van der Waals surface area contributed by atoms with Gasteiger partial charge in [0.15, 0.2) is 17.5 Å². The zero-order valence-electron chi connectivity index (χ0n) is 44.1. The van der Waals surface area contributed by atoms with Crippen molar-refractivity contribution in [1.82, 2.24) is 24.1 Å². The first-order valence-electron chi connectivity index (χ1n) is 26.3. The lowest BCUT2D eigenvalue weighted by atomic mass is 9.96. The van der Waals surface area contributed by atoms with Crippen molar-refractivity contribution in [3.05, 3.63) is 246 Å². The minimum Gasteiger partial charge on any atom is -0.309 e. The van der Waals surface area contributed by atoms with Crippen LogP contribution in [0.2, 0.25) is 0 Å². The van der Waals surface area contributed by atoms with Crippen LogP contribution in [0.5, 0.6) is 0 Å². The Labute approximate surface area is 475 Å². The number of nitrogens with zero attached hydrogens (tertiary/aromatic N) is 5. The molecule has 3 heterocycles. The van der Waals surface area contributed by atoms with Crippen LogP contribution in [0.4, 0.5) is 52.7 Å². The molecular formula is C68H39F12N5. The van der Waals surface area contributed by atoms with Gasteiger partial charge in [-0.15, -0.1) is 0 Å². The Morgan fingerprint density at radius 2 is 0.682 bits per heavy atom. The number of alkyl halides is 12. The Bertz CT molecular complexity index is 4700. The summed E-state index contributed by atoms with van der Waals surface area (Å²) in [7, 11) is 0. The highest BCUT2D eigenvalue weighted by molar-refractivity contribution is 6.13. The highest BCUT2D eigenvalue weighted by atomic mass is 19.4. The van der Waals surface area contributed by atoms with Gasteiger partial charge < -0.3 is 9.13 Å². The smallest absolute Gasteiger partial charge is 0.309 e. The fraction of sp³-hybridized carbons (Fsp3) is 0.0735. The molecule has 0 fully saturated rings. The van der Waals surface area contributed by atoms with Crippen molar-refractivity contribution in [3.8, 4) is 78.9 Å². The number of hydrogen-bond acceptors (Lipinski definition) is 3. The van der Waals surface area contributed by atoms with Crippen molar-refractivity contribution in [1.29, 1.82) is 0 Å². The first-order chi connectivity index (χ1) is 40.5. The third kappa shape index (κ3) is 9.98. The molecule has 0 atom stereocenters. The average Bonchev–Trinajstić information content (AvgIpc) is 1.77. The number of aromatic nitrogens is 5. The molecule has 0 aliphatic carbocycles. The number of fused-ring (bicyclic) bond motifs is 6. The first kappa shape index (κ1) is 54.2. The second-order valence-corrected chi connectivity index (χ2v) is 20.5. The van der Waals surface area contributed by atoms with Crippen molar-refractivity contribution >= 4 is 43.6 Å². The topological polar surface area (TPSA) is 48.5 Å². The highest BCUT2D eigenvalue weighted by Crippen LogP contribution is 2.47. The number of para-hydroxylation sites is 2. The van der Waals surface area contributed by atoms with Crippen LogP contribution in [-0.4, -0.2) is 24.1 Å². The van der Waals surface area contributed by atoms with Crippen LogP contribution in [0.25, 0.3) is 123 Å². The van der Waals surface area contributed by atoms with E-state index < -0.39 is 47.0 Å². The van der Waals surface area contributed by atoms with Gasteiger partial charge in [0.2, 0.25) is 0 Å². The van der Waals surface area contributed by atoms with Crippen LogP contribution in [0, 0.1) is 6.92 Å². The summed E-state index contributed by atoms with van der Waals surface area (Å²) >= 11 is 0. The van der Waals surface area contributed by atoms with Gasteiger partial charge >= 0.3 is 24.7 Å². The molecular weight excluding hydrogens is 1110 g/mol. The molecule has 13 aromatic rings. The van der Waals surface area contributed by atoms with Crippen molar-refractivity contribution in [2.75, 3.05) is 0 Å². The van der Waals surface area contributed by atoms with Gasteiger partial charge in [0.25, 0.3) is 0 Å².